The molecule has 0 aliphatic rings. The molecular formula is C15H33NO3SSi. The minimum atomic E-state index is -1.66. The summed E-state index contributed by atoms with van der Waals surface area (Å²) >= 11 is -1.17. The molecule has 0 saturated carbocycles. The lowest BCUT2D eigenvalue weighted by Crippen LogP contribution is -2.41. The van der Waals surface area contributed by atoms with Crippen LogP contribution in [-0.4, -0.2) is 43.7 Å². The van der Waals surface area contributed by atoms with Gasteiger partial charge in [0.25, 0.3) is 0 Å². The summed E-state index contributed by atoms with van der Waals surface area (Å²) < 4.78 is 26.9. The van der Waals surface area contributed by atoms with E-state index in [-0.39, 0.29) is 9.79 Å². The number of hydrogen-bond donors (Lipinski definition) is 0. The highest BCUT2D eigenvalue weighted by Crippen LogP contribution is 2.36. The molecule has 0 bridgehead atoms. The van der Waals surface area contributed by atoms with E-state index >= 15 is 0 Å². The van der Waals surface area contributed by atoms with Crippen LogP contribution in [0.1, 0.15) is 48.0 Å². The minimum absolute atomic E-state index is 0.233. The van der Waals surface area contributed by atoms with Crippen molar-refractivity contribution in [1.82, 2.24) is 0 Å². The standard InChI is InChI=1S/C15H33NO3SSi/c1-14(2,3)20(17)16-10-9-11-18-12-13-19-21(7,8)15(4,5)6/h10H,9,11-13H2,1-8H3/b16-10+/t20-/m1/s1. The topological polar surface area (TPSA) is 53.9 Å². The van der Waals surface area contributed by atoms with Gasteiger partial charge in [0.2, 0.25) is 0 Å². The van der Waals surface area contributed by atoms with Crippen molar-refractivity contribution >= 4 is 25.9 Å². The summed E-state index contributed by atoms with van der Waals surface area (Å²) in [6.07, 6.45) is 2.37. The second kappa shape index (κ2) is 8.67. The average Bonchev–Trinajstić information content (AvgIpc) is 2.29. The van der Waals surface area contributed by atoms with Gasteiger partial charge in [0.05, 0.1) is 26.0 Å². The summed E-state index contributed by atoms with van der Waals surface area (Å²) in [7, 11) is -1.66. The lowest BCUT2D eigenvalue weighted by Gasteiger charge is -2.36. The Balaban J connectivity index is 3.74. The molecule has 1 atom stereocenters. The highest BCUT2D eigenvalue weighted by Gasteiger charge is 2.36. The average molecular weight is 336 g/mol. The molecule has 0 aliphatic heterocycles. The molecule has 0 unspecified atom stereocenters. The highest BCUT2D eigenvalue weighted by molar-refractivity contribution is 7.91. The van der Waals surface area contributed by atoms with Crippen LogP contribution in [0.5, 0.6) is 0 Å². The van der Waals surface area contributed by atoms with E-state index in [0.717, 1.165) is 0 Å². The smallest absolute Gasteiger partial charge is 0.192 e. The summed E-state index contributed by atoms with van der Waals surface area (Å²) in [6, 6.07) is 0. The van der Waals surface area contributed by atoms with Gasteiger partial charge in [-0.15, -0.1) is 0 Å². The molecule has 0 aromatic heterocycles. The quantitative estimate of drug-likeness (QED) is 0.292. The van der Waals surface area contributed by atoms with Crippen LogP contribution in [-0.2, 0) is 20.5 Å². The van der Waals surface area contributed by atoms with Crippen molar-refractivity contribution in [3.8, 4) is 0 Å². The lowest BCUT2D eigenvalue weighted by atomic mass is 10.2. The molecule has 126 valence electrons. The first-order valence-electron chi connectivity index (χ1n) is 7.54. The fourth-order valence-corrected chi connectivity index (χ4v) is 2.67. The maximum atomic E-state index is 11.7. The van der Waals surface area contributed by atoms with E-state index in [0.29, 0.717) is 26.2 Å². The van der Waals surface area contributed by atoms with Gasteiger partial charge >= 0.3 is 0 Å². The van der Waals surface area contributed by atoms with E-state index in [1.165, 1.54) is 0 Å². The first kappa shape index (κ1) is 21.1. The van der Waals surface area contributed by atoms with Crippen molar-refractivity contribution in [3.63, 3.8) is 0 Å². The first-order valence-corrected chi connectivity index (χ1v) is 11.6. The third-order valence-electron chi connectivity index (χ3n) is 3.58. The van der Waals surface area contributed by atoms with Gasteiger partial charge in [-0.05, 0) is 38.9 Å². The number of hydrogen-bond acceptors (Lipinski definition) is 4. The third-order valence-corrected chi connectivity index (χ3v) is 9.51. The van der Waals surface area contributed by atoms with Crippen LogP contribution in [0.25, 0.3) is 0 Å². The van der Waals surface area contributed by atoms with Gasteiger partial charge in [0.1, 0.15) is 16.1 Å². The fourth-order valence-electron chi connectivity index (χ4n) is 1.09. The zero-order valence-corrected chi connectivity index (χ0v) is 16.8. The van der Waals surface area contributed by atoms with Crippen LogP contribution < -0.4 is 0 Å². The molecule has 0 spiro atoms. The van der Waals surface area contributed by atoms with Crippen LogP contribution in [0, 0.1) is 0 Å². The molecule has 0 rings (SSSR count). The van der Waals surface area contributed by atoms with Crippen molar-refractivity contribution in [2.24, 2.45) is 4.40 Å². The Labute approximate surface area is 135 Å². The zero-order valence-electron chi connectivity index (χ0n) is 15.0. The van der Waals surface area contributed by atoms with Gasteiger partial charge < -0.3 is 13.7 Å². The second-order valence-electron chi connectivity index (χ2n) is 7.66. The molecule has 0 saturated heterocycles. The summed E-state index contributed by atoms with van der Waals surface area (Å²) in [4.78, 5) is 0. The van der Waals surface area contributed by atoms with E-state index in [1.807, 2.05) is 20.8 Å². The summed E-state index contributed by atoms with van der Waals surface area (Å²) in [5.74, 6) is 0. The van der Waals surface area contributed by atoms with Gasteiger partial charge in [-0.1, -0.05) is 25.2 Å². The van der Waals surface area contributed by atoms with Crippen LogP contribution in [0.4, 0.5) is 0 Å². The van der Waals surface area contributed by atoms with E-state index in [9.17, 15) is 4.55 Å². The third kappa shape index (κ3) is 8.98. The zero-order chi connectivity index (χ0) is 16.7. The Morgan fingerprint density at radius 2 is 1.62 bits per heavy atom. The predicted molar refractivity (Wildman–Crippen MR) is 95.0 cm³/mol. The van der Waals surface area contributed by atoms with Crippen molar-refractivity contribution in [2.45, 2.75) is 70.8 Å². The van der Waals surface area contributed by atoms with Gasteiger partial charge in [-0.25, -0.2) is 0 Å². The van der Waals surface area contributed by atoms with Gasteiger partial charge in [-0.3, -0.25) is 0 Å². The van der Waals surface area contributed by atoms with Gasteiger partial charge in [-0.2, -0.15) is 0 Å². The van der Waals surface area contributed by atoms with Crippen LogP contribution in [0.15, 0.2) is 4.40 Å². The SMILES string of the molecule is CC(C)(C)[S@@+]([O-])/N=C/CCOCCO[Si](C)(C)C(C)(C)C. The Hall–Kier alpha value is 0.117. The van der Waals surface area contributed by atoms with Gasteiger partial charge in [0.15, 0.2) is 8.32 Å². The van der Waals surface area contributed by atoms with Crippen LogP contribution in [0.2, 0.25) is 18.1 Å². The van der Waals surface area contributed by atoms with Crippen molar-refractivity contribution in [3.05, 3.63) is 0 Å². The maximum absolute atomic E-state index is 11.7. The number of nitrogens with zero attached hydrogens (tertiary/aromatic N) is 1. The monoisotopic (exact) mass is 335 g/mol. The van der Waals surface area contributed by atoms with Crippen molar-refractivity contribution in [1.29, 1.82) is 0 Å². The Kier molecular flexibility index (Phi) is 8.72. The molecule has 0 heterocycles. The Morgan fingerprint density at radius 1 is 1.05 bits per heavy atom. The maximum Gasteiger partial charge on any atom is 0.192 e. The van der Waals surface area contributed by atoms with Crippen LogP contribution in [0.3, 0.4) is 0 Å². The van der Waals surface area contributed by atoms with E-state index in [2.05, 4.69) is 38.3 Å². The number of ether oxygens (including phenoxy) is 1. The molecule has 0 fully saturated rings. The molecule has 0 aromatic carbocycles. The summed E-state index contributed by atoms with van der Waals surface area (Å²) in [6.45, 7) is 18.7. The molecule has 6 heteroatoms. The molecular weight excluding hydrogens is 302 g/mol. The Bertz CT molecular complexity index is 322. The molecule has 0 N–H and O–H groups in total. The highest BCUT2D eigenvalue weighted by atomic mass is 32.2. The Morgan fingerprint density at radius 3 is 2.10 bits per heavy atom. The molecule has 0 aliphatic carbocycles. The minimum Gasteiger partial charge on any atom is -0.591 e. The molecule has 0 aromatic rings. The molecule has 4 nitrogen and oxygen atoms in total. The predicted octanol–water partition coefficient (Wildman–Crippen LogP) is 3.95. The largest absolute Gasteiger partial charge is 0.591 e. The second-order valence-corrected chi connectivity index (χ2v) is 14.4. The van der Waals surface area contributed by atoms with E-state index < -0.39 is 19.7 Å². The van der Waals surface area contributed by atoms with Crippen molar-refractivity contribution < 1.29 is 13.7 Å². The number of rotatable bonds is 8. The fraction of sp³-hybridized carbons (Fsp3) is 0.933. The molecule has 21 heavy (non-hydrogen) atoms. The van der Waals surface area contributed by atoms with E-state index in [1.54, 1.807) is 6.21 Å². The summed E-state index contributed by atoms with van der Waals surface area (Å²) in [5.41, 5.74) is 0. The molecule has 0 radical (unpaired) electrons. The van der Waals surface area contributed by atoms with Gasteiger partial charge in [0, 0.05) is 6.42 Å². The normalized spacial score (nSPS) is 15.7. The van der Waals surface area contributed by atoms with Crippen LogP contribution >= 0.6 is 0 Å². The first-order chi connectivity index (χ1) is 9.38. The summed E-state index contributed by atoms with van der Waals surface area (Å²) in [5, 5.41) is 0.233. The van der Waals surface area contributed by atoms with E-state index in [4.69, 9.17) is 9.16 Å². The van der Waals surface area contributed by atoms with Crippen molar-refractivity contribution in [2.75, 3.05) is 19.8 Å². The molecule has 0 amide bonds. The lowest BCUT2D eigenvalue weighted by molar-refractivity contribution is 0.101.